The van der Waals surface area contributed by atoms with Crippen molar-refractivity contribution in [3.63, 3.8) is 0 Å². The Hall–Kier alpha value is 1.78. The molecule has 0 saturated heterocycles. The van der Waals surface area contributed by atoms with E-state index < -0.39 is 0 Å². The summed E-state index contributed by atoms with van der Waals surface area (Å²) in [4.78, 5) is 0. The predicted molar refractivity (Wildman–Crippen MR) is 29.5 cm³/mol. The van der Waals surface area contributed by atoms with Crippen LogP contribution >= 0.6 is 9.24 Å². The average Bonchev–Trinajstić information content (AvgIpc) is 1.38. The molecule has 0 saturated carbocycles. The SMILES string of the molecule is CCC(C)P.[Nd]. The van der Waals surface area contributed by atoms with Crippen LogP contribution in [0.5, 0.6) is 0 Å². The minimum absolute atomic E-state index is 0. The van der Waals surface area contributed by atoms with Crippen LogP contribution < -0.4 is 0 Å². The fraction of sp³-hybridized carbons (Fsp3) is 1.00. The zero-order valence-electron chi connectivity index (χ0n) is 4.36. The standard InChI is InChI=1S/C4H11P.Nd/c1-3-4(2)5;/h4H,3,5H2,1-2H3;. The Morgan fingerprint density at radius 2 is 1.83 bits per heavy atom. The maximum absolute atomic E-state index is 2.73. The number of hydrogen-bond acceptors (Lipinski definition) is 0. The first-order chi connectivity index (χ1) is 2.27. The zero-order chi connectivity index (χ0) is 4.28. The monoisotopic (exact) mass is 232 g/mol. The molecule has 0 aliphatic rings. The molecule has 0 amide bonds. The van der Waals surface area contributed by atoms with Crippen LogP contribution in [0.15, 0.2) is 0 Å². The third kappa shape index (κ3) is 9.24. The summed E-state index contributed by atoms with van der Waals surface area (Å²) in [5, 5.41) is 0. The first-order valence-electron chi connectivity index (χ1n) is 2.03. The van der Waals surface area contributed by atoms with Gasteiger partial charge in [-0.1, -0.05) is 20.3 Å². The van der Waals surface area contributed by atoms with E-state index in [1.165, 1.54) is 6.42 Å². The molecule has 0 heterocycles. The van der Waals surface area contributed by atoms with Crippen molar-refractivity contribution in [2.24, 2.45) is 0 Å². The molecule has 0 bridgehead atoms. The third-order valence-corrected chi connectivity index (χ3v) is 1.12. The quantitative estimate of drug-likeness (QED) is 0.605. The average molecular weight is 234 g/mol. The second-order valence-corrected chi connectivity index (χ2v) is 2.52. The molecule has 6 heavy (non-hydrogen) atoms. The number of hydrogen-bond donors (Lipinski definition) is 0. The first-order valence-corrected chi connectivity index (χ1v) is 2.69. The predicted octanol–water partition coefficient (Wildman–Crippen LogP) is 1.66. The second-order valence-electron chi connectivity index (χ2n) is 1.39. The van der Waals surface area contributed by atoms with Gasteiger partial charge in [-0.3, -0.25) is 0 Å². The molecule has 36 valence electrons. The van der Waals surface area contributed by atoms with E-state index in [1.807, 2.05) is 0 Å². The van der Waals surface area contributed by atoms with Crippen molar-refractivity contribution in [1.82, 2.24) is 0 Å². The molecule has 0 aromatic rings. The van der Waals surface area contributed by atoms with Gasteiger partial charge in [0.25, 0.3) is 0 Å². The minimum Gasteiger partial charge on any atom is -0.135 e. The summed E-state index contributed by atoms with van der Waals surface area (Å²) >= 11 is 0. The van der Waals surface area contributed by atoms with Gasteiger partial charge in [0.1, 0.15) is 0 Å². The van der Waals surface area contributed by atoms with Crippen LogP contribution in [0.25, 0.3) is 0 Å². The molecule has 2 atom stereocenters. The van der Waals surface area contributed by atoms with Crippen LogP contribution in [0.4, 0.5) is 0 Å². The van der Waals surface area contributed by atoms with Gasteiger partial charge in [0, 0.05) is 40.8 Å². The maximum Gasteiger partial charge on any atom is 0 e. The Morgan fingerprint density at radius 1 is 1.67 bits per heavy atom. The van der Waals surface area contributed by atoms with Gasteiger partial charge in [-0.25, -0.2) is 0 Å². The molecule has 0 aliphatic carbocycles. The Labute approximate surface area is 75.2 Å². The molecule has 0 N–H and O–H groups in total. The molecule has 0 nitrogen and oxygen atoms in total. The van der Waals surface area contributed by atoms with Crippen molar-refractivity contribution in [2.75, 3.05) is 0 Å². The third-order valence-electron chi connectivity index (χ3n) is 0.644. The molecule has 0 rings (SSSR count). The largest absolute Gasteiger partial charge is 0.135 e. The van der Waals surface area contributed by atoms with Crippen molar-refractivity contribution in [1.29, 1.82) is 0 Å². The maximum atomic E-state index is 2.73. The van der Waals surface area contributed by atoms with E-state index in [4.69, 9.17) is 0 Å². The van der Waals surface area contributed by atoms with Gasteiger partial charge in [0.05, 0.1) is 0 Å². The Bertz CT molecular complexity index is 21.5. The van der Waals surface area contributed by atoms with Gasteiger partial charge in [-0.15, -0.1) is 9.24 Å². The van der Waals surface area contributed by atoms with Crippen LogP contribution in [0.1, 0.15) is 20.3 Å². The van der Waals surface area contributed by atoms with Crippen LogP contribution in [-0.4, -0.2) is 5.66 Å². The van der Waals surface area contributed by atoms with E-state index in [2.05, 4.69) is 23.1 Å². The summed E-state index contributed by atoms with van der Waals surface area (Å²) in [6.07, 6.45) is 1.27. The van der Waals surface area contributed by atoms with Crippen molar-refractivity contribution >= 4 is 9.24 Å². The molecule has 2 unspecified atom stereocenters. The molecular weight excluding hydrogens is 223 g/mol. The minimum atomic E-state index is 0. The second kappa shape index (κ2) is 6.78. The molecule has 0 fully saturated rings. The molecule has 0 aromatic heterocycles. The van der Waals surface area contributed by atoms with E-state index in [-0.39, 0.29) is 40.8 Å². The van der Waals surface area contributed by atoms with Crippen molar-refractivity contribution in [2.45, 2.75) is 25.9 Å². The molecule has 0 spiro atoms. The van der Waals surface area contributed by atoms with Crippen LogP contribution in [0.2, 0.25) is 0 Å². The molecule has 2 heteroatoms. The normalized spacial score (nSPS) is 12.5. The first kappa shape index (κ1) is 10.7. The molecular formula is C4H11NdP. The summed E-state index contributed by atoms with van der Waals surface area (Å²) in [6.45, 7) is 4.36. The van der Waals surface area contributed by atoms with E-state index in [0.717, 1.165) is 5.66 Å². The zero-order valence-corrected chi connectivity index (χ0v) is 8.72. The number of rotatable bonds is 1. The van der Waals surface area contributed by atoms with Crippen molar-refractivity contribution in [3.05, 3.63) is 0 Å². The van der Waals surface area contributed by atoms with Crippen LogP contribution in [0.3, 0.4) is 0 Å². The van der Waals surface area contributed by atoms with Gasteiger partial charge in [0.2, 0.25) is 0 Å². The Balaban J connectivity index is 0. The fourth-order valence-electron chi connectivity index (χ4n) is 0. The summed E-state index contributed by atoms with van der Waals surface area (Å²) < 4.78 is 0. The van der Waals surface area contributed by atoms with E-state index in [9.17, 15) is 0 Å². The van der Waals surface area contributed by atoms with Gasteiger partial charge >= 0.3 is 0 Å². The van der Waals surface area contributed by atoms with Gasteiger partial charge < -0.3 is 0 Å². The summed E-state index contributed by atoms with van der Waals surface area (Å²) in [5.41, 5.74) is 0.801. The summed E-state index contributed by atoms with van der Waals surface area (Å²) in [7, 11) is 2.73. The van der Waals surface area contributed by atoms with Crippen molar-refractivity contribution in [3.8, 4) is 0 Å². The van der Waals surface area contributed by atoms with Gasteiger partial charge in [-0.2, -0.15) is 0 Å². The topological polar surface area (TPSA) is 0 Å². The summed E-state index contributed by atoms with van der Waals surface area (Å²) in [5.74, 6) is 0. The molecule has 0 radical (unpaired) electrons. The van der Waals surface area contributed by atoms with E-state index >= 15 is 0 Å². The molecule has 0 aromatic carbocycles. The van der Waals surface area contributed by atoms with Crippen LogP contribution in [-0.2, 0) is 0 Å². The van der Waals surface area contributed by atoms with Gasteiger partial charge in [0.15, 0.2) is 0 Å². The van der Waals surface area contributed by atoms with Gasteiger partial charge in [-0.05, 0) is 5.66 Å². The van der Waals surface area contributed by atoms with E-state index in [1.54, 1.807) is 0 Å². The van der Waals surface area contributed by atoms with E-state index in [0.29, 0.717) is 0 Å². The van der Waals surface area contributed by atoms with Crippen molar-refractivity contribution < 1.29 is 40.8 Å². The smallest absolute Gasteiger partial charge is 0 e. The summed E-state index contributed by atoms with van der Waals surface area (Å²) in [6, 6.07) is 0. The fourth-order valence-corrected chi connectivity index (χ4v) is 0. The Kier molecular flexibility index (Phi) is 12.1. The molecule has 0 aliphatic heterocycles. The Morgan fingerprint density at radius 3 is 1.83 bits per heavy atom. The van der Waals surface area contributed by atoms with Crippen LogP contribution in [0, 0.1) is 40.8 Å².